The summed E-state index contributed by atoms with van der Waals surface area (Å²) in [5.74, 6) is 5.51. The fourth-order valence-electron chi connectivity index (χ4n) is 3.84. The van der Waals surface area contributed by atoms with E-state index in [1.807, 2.05) is 42.5 Å². The van der Waals surface area contributed by atoms with Gasteiger partial charge in [-0.3, -0.25) is 9.59 Å². The van der Waals surface area contributed by atoms with Crippen LogP contribution in [-0.4, -0.2) is 40.4 Å². The zero-order chi connectivity index (χ0) is 22.0. The van der Waals surface area contributed by atoms with E-state index < -0.39 is 5.60 Å². The summed E-state index contributed by atoms with van der Waals surface area (Å²) in [4.78, 5) is 27.7. The second-order valence-corrected chi connectivity index (χ2v) is 8.49. The Labute approximate surface area is 181 Å². The van der Waals surface area contributed by atoms with Gasteiger partial charge in [-0.1, -0.05) is 42.3 Å². The topological polar surface area (TPSA) is 70.8 Å². The molecule has 1 amide bonds. The van der Waals surface area contributed by atoms with E-state index in [4.69, 9.17) is 4.42 Å². The van der Waals surface area contributed by atoms with Gasteiger partial charge in [0.1, 0.15) is 5.60 Å². The van der Waals surface area contributed by atoms with E-state index in [2.05, 4.69) is 11.8 Å². The molecule has 0 saturated carbocycles. The fourth-order valence-corrected chi connectivity index (χ4v) is 3.84. The number of ketones is 1. The first-order chi connectivity index (χ1) is 14.8. The number of aliphatic hydroxyl groups is 1. The Morgan fingerprint density at radius 2 is 1.87 bits per heavy atom. The van der Waals surface area contributed by atoms with Crippen molar-refractivity contribution in [1.82, 2.24) is 4.90 Å². The van der Waals surface area contributed by atoms with Gasteiger partial charge in [-0.25, -0.2) is 0 Å². The van der Waals surface area contributed by atoms with Crippen LogP contribution in [-0.2, 0) is 0 Å². The van der Waals surface area contributed by atoms with Crippen molar-refractivity contribution < 1.29 is 19.1 Å². The number of carbonyl (C=O) groups is 2. The van der Waals surface area contributed by atoms with E-state index in [0.29, 0.717) is 24.4 Å². The molecular weight excluding hydrogens is 390 g/mol. The molecule has 2 heterocycles. The van der Waals surface area contributed by atoms with Gasteiger partial charge in [0.15, 0.2) is 17.3 Å². The van der Waals surface area contributed by atoms with E-state index in [1.165, 1.54) is 0 Å². The van der Waals surface area contributed by atoms with Crippen LogP contribution >= 0.6 is 0 Å². The number of rotatable bonds is 3. The third kappa shape index (κ3) is 4.87. The molecule has 158 valence electrons. The quantitative estimate of drug-likeness (QED) is 0.512. The van der Waals surface area contributed by atoms with E-state index in [9.17, 15) is 14.7 Å². The number of benzene rings is 2. The van der Waals surface area contributed by atoms with Gasteiger partial charge in [0, 0.05) is 24.6 Å². The lowest BCUT2D eigenvalue weighted by Gasteiger charge is -2.31. The van der Waals surface area contributed by atoms with Gasteiger partial charge in [0.2, 0.25) is 0 Å². The van der Waals surface area contributed by atoms with E-state index in [-0.39, 0.29) is 23.4 Å². The minimum atomic E-state index is -1.14. The first-order valence-corrected chi connectivity index (χ1v) is 10.5. The number of Topliss-reactive ketones (excluding diaryl/α,β-unsaturated/α-hetero) is 1. The molecule has 1 aromatic heterocycles. The average molecular weight is 415 g/mol. The number of nitrogens with zero attached hydrogens (tertiary/aromatic N) is 1. The summed E-state index contributed by atoms with van der Waals surface area (Å²) >= 11 is 0. The molecule has 0 bridgehead atoms. The normalized spacial score (nSPS) is 16.6. The van der Waals surface area contributed by atoms with Gasteiger partial charge >= 0.3 is 0 Å². The number of hydrogen-bond acceptors (Lipinski definition) is 4. The Balaban J connectivity index is 1.47. The molecular formula is C26H25NO4. The van der Waals surface area contributed by atoms with Crippen molar-refractivity contribution in [3.05, 3.63) is 71.7 Å². The number of fused-ring (bicyclic) bond motifs is 1. The van der Waals surface area contributed by atoms with Crippen molar-refractivity contribution in [1.29, 1.82) is 0 Å². The number of amides is 1. The summed E-state index contributed by atoms with van der Waals surface area (Å²) in [6, 6.07) is 16.9. The molecule has 5 nitrogen and oxygen atoms in total. The van der Waals surface area contributed by atoms with Gasteiger partial charge in [-0.05, 0) is 61.6 Å². The van der Waals surface area contributed by atoms with Crippen LogP contribution in [0.4, 0.5) is 0 Å². The number of furan rings is 1. The lowest BCUT2D eigenvalue weighted by atomic mass is 9.89. The third-order valence-electron chi connectivity index (χ3n) is 5.42. The molecule has 0 radical (unpaired) electrons. The summed E-state index contributed by atoms with van der Waals surface area (Å²) < 4.78 is 5.56. The second-order valence-electron chi connectivity index (χ2n) is 8.49. The molecule has 2 aromatic carbocycles. The minimum Gasteiger partial charge on any atom is -0.443 e. The maximum absolute atomic E-state index is 13.1. The summed E-state index contributed by atoms with van der Waals surface area (Å²) in [7, 11) is 0. The van der Waals surface area contributed by atoms with Gasteiger partial charge in [0.05, 0.1) is 0 Å². The van der Waals surface area contributed by atoms with Crippen LogP contribution in [0.1, 0.15) is 53.4 Å². The van der Waals surface area contributed by atoms with Crippen molar-refractivity contribution in [2.45, 2.75) is 32.3 Å². The fraction of sp³-hybridized carbons (Fsp3) is 0.308. The Morgan fingerprint density at radius 1 is 1.10 bits per heavy atom. The number of likely N-dealkylation sites (tertiary alicyclic amines) is 1. The van der Waals surface area contributed by atoms with Crippen molar-refractivity contribution in [2.75, 3.05) is 13.1 Å². The van der Waals surface area contributed by atoms with Crippen LogP contribution in [0.3, 0.4) is 0 Å². The zero-order valence-electron chi connectivity index (χ0n) is 17.7. The van der Waals surface area contributed by atoms with Crippen molar-refractivity contribution in [2.24, 2.45) is 5.92 Å². The number of piperidine rings is 1. The standard InChI is InChI=1S/C26H25NO4/c1-26(2,30)14-13-22-11-12-23(31-22)25(29)27-15-5-8-21(17-27)24(28)20-10-9-18-6-3-4-7-19(18)16-20/h3-4,6-7,9-12,16,21,30H,5,8,15,17H2,1-2H3. The largest absolute Gasteiger partial charge is 0.443 e. The Bertz CT molecular complexity index is 1190. The second kappa shape index (κ2) is 8.41. The molecule has 1 aliphatic heterocycles. The predicted molar refractivity (Wildman–Crippen MR) is 119 cm³/mol. The van der Waals surface area contributed by atoms with Crippen LogP contribution < -0.4 is 0 Å². The van der Waals surface area contributed by atoms with E-state index >= 15 is 0 Å². The molecule has 1 unspecified atom stereocenters. The first-order valence-electron chi connectivity index (χ1n) is 10.5. The molecule has 1 aliphatic rings. The molecule has 1 N–H and O–H groups in total. The smallest absolute Gasteiger partial charge is 0.289 e. The molecule has 4 rings (SSSR count). The minimum absolute atomic E-state index is 0.0689. The van der Waals surface area contributed by atoms with E-state index in [0.717, 1.165) is 23.6 Å². The van der Waals surface area contributed by atoms with Crippen LogP contribution in [0.15, 0.2) is 59.0 Å². The Kier molecular flexibility index (Phi) is 5.67. The molecule has 1 saturated heterocycles. The van der Waals surface area contributed by atoms with Gasteiger partial charge < -0.3 is 14.4 Å². The molecule has 31 heavy (non-hydrogen) atoms. The van der Waals surface area contributed by atoms with Crippen molar-refractivity contribution in [3.63, 3.8) is 0 Å². The molecule has 3 aromatic rings. The summed E-state index contributed by atoms with van der Waals surface area (Å²) in [6.45, 7) is 4.12. The Hall–Kier alpha value is -3.36. The molecule has 5 heteroatoms. The van der Waals surface area contributed by atoms with Crippen LogP contribution in [0.2, 0.25) is 0 Å². The lowest BCUT2D eigenvalue weighted by molar-refractivity contribution is 0.0610. The van der Waals surface area contributed by atoms with E-state index in [1.54, 1.807) is 30.9 Å². The SMILES string of the molecule is CC(C)(O)C#Cc1ccc(C(=O)N2CCCC(C(=O)c3ccc4ccccc4c3)C2)o1. The molecule has 0 spiro atoms. The third-order valence-corrected chi connectivity index (χ3v) is 5.42. The Morgan fingerprint density at radius 3 is 2.65 bits per heavy atom. The van der Waals surface area contributed by atoms with Crippen molar-refractivity contribution in [3.8, 4) is 11.8 Å². The van der Waals surface area contributed by atoms with Crippen LogP contribution in [0.25, 0.3) is 10.8 Å². The monoisotopic (exact) mass is 415 g/mol. The number of carbonyl (C=O) groups excluding carboxylic acids is 2. The summed E-state index contributed by atoms with van der Waals surface area (Å²) in [5, 5.41) is 11.8. The molecule has 1 atom stereocenters. The zero-order valence-corrected chi connectivity index (χ0v) is 17.7. The highest BCUT2D eigenvalue weighted by atomic mass is 16.4. The number of hydrogen-bond donors (Lipinski definition) is 1. The molecule has 1 fully saturated rings. The first kappa shape index (κ1) is 20.9. The van der Waals surface area contributed by atoms with Crippen LogP contribution in [0.5, 0.6) is 0 Å². The average Bonchev–Trinajstić information content (AvgIpc) is 3.25. The highest BCUT2D eigenvalue weighted by Gasteiger charge is 2.30. The highest BCUT2D eigenvalue weighted by molar-refractivity contribution is 6.02. The summed E-state index contributed by atoms with van der Waals surface area (Å²) in [5.41, 5.74) is -0.458. The van der Waals surface area contributed by atoms with Gasteiger partial charge in [-0.2, -0.15) is 0 Å². The lowest BCUT2D eigenvalue weighted by Crippen LogP contribution is -2.42. The highest BCUT2D eigenvalue weighted by Crippen LogP contribution is 2.25. The summed E-state index contributed by atoms with van der Waals surface area (Å²) in [6.07, 6.45) is 1.53. The van der Waals surface area contributed by atoms with Gasteiger partial charge in [-0.15, -0.1) is 0 Å². The molecule has 0 aliphatic carbocycles. The van der Waals surface area contributed by atoms with Crippen LogP contribution in [0, 0.1) is 17.8 Å². The maximum Gasteiger partial charge on any atom is 0.289 e. The van der Waals surface area contributed by atoms with Gasteiger partial charge in [0.25, 0.3) is 5.91 Å². The predicted octanol–water partition coefficient (Wildman–Crippen LogP) is 4.29. The maximum atomic E-state index is 13.1. The van der Waals surface area contributed by atoms with Crippen molar-refractivity contribution >= 4 is 22.5 Å².